The minimum absolute atomic E-state index is 0.0697. The Morgan fingerprint density at radius 3 is 2.27 bits per heavy atom. The van der Waals surface area contributed by atoms with E-state index in [2.05, 4.69) is 6.92 Å². The summed E-state index contributed by atoms with van der Waals surface area (Å²) in [6.07, 6.45) is 3.50. The molecule has 1 aliphatic heterocycles. The summed E-state index contributed by atoms with van der Waals surface area (Å²) in [7, 11) is -2.95. The van der Waals surface area contributed by atoms with Crippen LogP contribution in [0.2, 0.25) is 0 Å². The van der Waals surface area contributed by atoms with Gasteiger partial charge >= 0.3 is 0 Å². The fourth-order valence-corrected chi connectivity index (χ4v) is 3.91. The van der Waals surface area contributed by atoms with Crippen molar-refractivity contribution in [3.63, 3.8) is 0 Å². The Balaban J connectivity index is 1.99. The van der Waals surface area contributed by atoms with E-state index >= 15 is 0 Å². The maximum absolute atomic E-state index is 11.9. The van der Waals surface area contributed by atoms with Crippen LogP contribution in [-0.2, 0) is 10.0 Å². The first kappa shape index (κ1) is 11.4. The molecule has 15 heavy (non-hydrogen) atoms. The highest BCUT2D eigenvalue weighted by atomic mass is 32.2. The number of rotatable bonds is 3. The standard InChI is InChI=1S/C10H20N2O2S/c1-10(8-11)4-6-12(7-5-10)15(13,14)9-2-3-9/h9H,2-8,11H2,1H3. The minimum atomic E-state index is -2.95. The second-order valence-electron chi connectivity index (χ2n) is 5.16. The minimum Gasteiger partial charge on any atom is -0.330 e. The monoisotopic (exact) mass is 232 g/mol. The molecule has 1 saturated heterocycles. The van der Waals surface area contributed by atoms with Gasteiger partial charge in [-0.2, -0.15) is 0 Å². The molecule has 4 nitrogen and oxygen atoms in total. The zero-order valence-corrected chi connectivity index (χ0v) is 10.1. The van der Waals surface area contributed by atoms with Crippen molar-refractivity contribution in [3.8, 4) is 0 Å². The highest BCUT2D eigenvalue weighted by molar-refractivity contribution is 7.90. The number of nitrogens with two attached hydrogens (primary N) is 1. The first-order valence-corrected chi connectivity index (χ1v) is 7.17. The van der Waals surface area contributed by atoms with Gasteiger partial charge in [-0.1, -0.05) is 6.92 Å². The van der Waals surface area contributed by atoms with Crippen molar-refractivity contribution in [2.75, 3.05) is 19.6 Å². The van der Waals surface area contributed by atoms with Gasteiger partial charge in [-0.15, -0.1) is 0 Å². The number of hydrogen-bond acceptors (Lipinski definition) is 3. The van der Waals surface area contributed by atoms with Crippen LogP contribution >= 0.6 is 0 Å². The van der Waals surface area contributed by atoms with Crippen LogP contribution in [0.3, 0.4) is 0 Å². The largest absolute Gasteiger partial charge is 0.330 e. The molecule has 5 heteroatoms. The molecule has 88 valence electrons. The Hall–Kier alpha value is -0.130. The quantitative estimate of drug-likeness (QED) is 0.772. The smallest absolute Gasteiger partial charge is 0.216 e. The van der Waals surface area contributed by atoms with Crippen LogP contribution in [0.4, 0.5) is 0 Å². The Bertz CT molecular complexity index is 327. The summed E-state index contributed by atoms with van der Waals surface area (Å²) < 4.78 is 25.6. The number of sulfonamides is 1. The van der Waals surface area contributed by atoms with Crippen LogP contribution in [0, 0.1) is 5.41 Å². The molecule has 0 aromatic carbocycles. The highest BCUT2D eigenvalue weighted by Crippen LogP contribution is 2.36. The molecule has 1 aliphatic carbocycles. The van der Waals surface area contributed by atoms with Crippen molar-refractivity contribution in [3.05, 3.63) is 0 Å². The van der Waals surface area contributed by atoms with Gasteiger partial charge in [0, 0.05) is 13.1 Å². The van der Waals surface area contributed by atoms with Gasteiger partial charge in [0.2, 0.25) is 10.0 Å². The molecule has 2 fully saturated rings. The maximum atomic E-state index is 11.9. The number of piperidine rings is 1. The van der Waals surface area contributed by atoms with E-state index in [1.165, 1.54) is 0 Å². The Labute approximate surface area is 91.9 Å². The molecule has 2 N–H and O–H groups in total. The second-order valence-corrected chi connectivity index (χ2v) is 7.37. The van der Waals surface area contributed by atoms with Gasteiger partial charge in [0.25, 0.3) is 0 Å². The van der Waals surface area contributed by atoms with Gasteiger partial charge in [0.15, 0.2) is 0 Å². The molecule has 1 saturated carbocycles. The second kappa shape index (κ2) is 3.71. The molecule has 0 bridgehead atoms. The molecule has 2 rings (SSSR count). The lowest BCUT2D eigenvalue weighted by molar-refractivity contribution is 0.182. The number of hydrogen-bond donors (Lipinski definition) is 1. The summed E-state index contributed by atoms with van der Waals surface area (Å²) in [6.45, 7) is 4.12. The van der Waals surface area contributed by atoms with E-state index in [0.29, 0.717) is 19.6 Å². The Morgan fingerprint density at radius 1 is 1.33 bits per heavy atom. The third-order valence-corrected chi connectivity index (χ3v) is 6.13. The normalized spacial score (nSPS) is 27.9. The third kappa shape index (κ3) is 2.19. The molecular formula is C10H20N2O2S. The SMILES string of the molecule is CC1(CN)CCN(S(=O)(=O)C2CC2)CC1. The van der Waals surface area contributed by atoms with Gasteiger partial charge in [-0.05, 0) is 37.6 Å². The number of nitrogens with zero attached hydrogens (tertiary/aromatic N) is 1. The zero-order valence-electron chi connectivity index (χ0n) is 9.28. The van der Waals surface area contributed by atoms with E-state index in [9.17, 15) is 8.42 Å². The lowest BCUT2D eigenvalue weighted by Crippen LogP contribution is -2.45. The topological polar surface area (TPSA) is 63.4 Å². The van der Waals surface area contributed by atoms with E-state index in [-0.39, 0.29) is 10.7 Å². The molecule has 0 unspecified atom stereocenters. The first-order valence-electron chi connectivity index (χ1n) is 5.67. The molecule has 2 aliphatic rings. The average molecular weight is 232 g/mol. The third-order valence-electron chi connectivity index (χ3n) is 3.73. The van der Waals surface area contributed by atoms with Crippen molar-refractivity contribution < 1.29 is 8.42 Å². The van der Waals surface area contributed by atoms with Crippen molar-refractivity contribution >= 4 is 10.0 Å². The van der Waals surface area contributed by atoms with E-state index < -0.39 is 10.0 Å². The van der Waals surface area contributed by atoms with Crippen molar-refractivity contribution in [1.29, 1.82) is 0 Å². The lowest BCUT2D eigenvalue weighted by atomic mass is 9.81. The summed E-state index contributed by atoms with van der Waals surface area (Å²) in [5.74, 6) is 0. The summed E-state index contributed by atoms with van der Waals surface area (Å²) in [4.78, 5) is 0. The summed E-state index contributed by atoms with van der Waals surface area (Å²) >= 11 is 0. The van der Waals surface area contributed by atoms with Crippen LogP contribution in [0.15, 0.2) is 0 Å². The molecule has 0 atom stereocenters. The molecule has 0 amide bonds. The van der Waals surface area contributed by atoms with E-state index in [0.717, 1.165) is 25.7 Å². The highest BCUT2D eigenvalue weighted by Gasteiger charge is 2.42. The van der Waals surface area contributed by atoms with Crippen LogP contribution in [0.1, 0.15) is 32.6 Å². The maximum Gasteiger partial charge on any atom is 0.216 e. The molecule has 0 aromatic rings. The lowest BCUT2D eigenvalue weighted by Gasteiger charge is -2.37. The van der Waals surface area contributed by atoms with Gasteiger partial charge < -0.3 is 5.73 Å². The van der Waals surface area contributed by atoms with Gasteiger partial charge in [0.05, 0.1) is 5.25 Å². The van der Waals surface area contributed by atoms with Gasteiger partial charge in [0.1, 0.15) is 0 Å². The van der Waals surface area contributed by atoms with Crippen molar-refractivity contribution in [1.82, 2.24) is 4.31 Å². The Morgan fingerprint density at radius 2 is 1.87 bits per heavy atom. The van der Waals surface area contributed by atoms with Gasteiger partial charge in [-0.25, -0.2) is 12.7 Å². The average Bonchev–Trinajstić information content (AvgIpc) is 3.02. The van der Waals surface area contributed by atoms with Crippen molar-refractivity contribution in [2.24, 2.45) is 11.1 Å². The van der Waals surface area contributed by atoms with Crippen LogP contribution < -0.4 is 5.73 Å². The van der Waals surface area contributed by atoms with Crippen LogP contribution in [-0.4, -0.2) is 37.6 Å². The fraction of sp³-hybridized carbons (Fsp3) is 1.00. The molecular weight excluding hydrogens is 212 g/mol. The first-order chi connectivity index (χ1) is 6.98. The van der Waals surface area contributed by atoms with Crippen molar-refractivity contribution in [2.45, 2.75) is 37.9 Å². The van der Waals surface area contributed by atoms with E-state index in [1.54, 1.807) is 4.31 Å². The molecule has 0 aromatic heterocycles. The predicted molar refractivity (Wildman–Crippen MR) is 59.9 cm³/mol. The van der Waals surface area contributed by atoms with Crippen LogP contribution in [0.25, 0.3) is 0 Å². The zero-order chi connectivity index (χ0) is 11.1. The van der Waals surface area contributed by atoms with Gasteiger partial charge in [-0.3, -0.25) is 0 Å². The molecule has 0 radical (unpaired) electrons. The van der Waals surface area contributed by atoms with Crippen LogP contribution in [0.5, 0.6) is 0 Å². The molecule has 1 heterocycles. The van der Waals surface area contributed by atoms with E-state index in [1.807, 2.05) is 0 Å². The van der Waals surface area contributed by atoms with E-state index in [4.69, 9.17) is 5.73 Å². The summed E-state index contributed by atoms with van der Waals surface area (Å²) in [6, 6.07) is 0. The Kier molecular flexibility index (Phi) is 2.81. The molecule has 0 spiro atoms. The summed E-state index contributed by atoms with van der Waals surface area (Å²) in [5.41, 5.74) is 5.84. The predicted octanol–water partition coefficient (Wildman–Crippen LogP) is 0.539. The summed E-state index contributed by atoms with van der Waals surface area (Å²) in [5, 5.41) is -0.0697. The fourth-order valence-electron chi connectivity index (χ4n) is 2.06.